The molecule has 104 valence electrons. The van der Waals surface area contributed by atoms with Crippen molar-refractivity contribution in [1.29, 1.82) is 0 Å². The van der Waals surface area contributed by atoms with Crippen LogP contribution in [0.15, 0.2) is 0 Å². The summed E-state index contributed by atoms with van der Waals surface area (Å²) < 4.78 is 0. The molecule has 4 nitrogen and oxygen atoms in total. The molecule has 0 saturated heterocycles. The van der Waals surface area contributed by atoms with Gasteiger partial charge in [-0.15, -0.1) is 0 Å². The molecule has 18 heavy (non-hydrogen) atoms. The summed E-state index contributed by atoms with van der Waals surface area (Å²) in [7, 11) is 0. The molecular formula is C14H25NO3. The number of amides is 1. The standard InChI is InChI=1S/C14H25NO3/c1-10(7-8-12(16)17)15-13(18)11-6-4-5-9-14(11,2)3/h10-11H,4-9H2,1-3H3,(H,15,18)(H,16,17). The van der Waals surface area contributed by atoms with E-state index >= 15 is 0 Å². The second-order valence-corrected chi connectivity index (χ2v) is 6.13. The number of hydrogen-bond acceptors (Lipinski definition) is 2. The van der Waals surface area contributed by atoms with E-state index in [1.54, 1.807) is 0 Å². The first-order chi connectivity index (χ1) is 8.33. The van der Waals surface area contributed by atoms with Crippen molar-refractivity contribution in [3.8, 4) is 0 Å². The Labute approximate surface area is 109 Å². The minimum atomic E-state index is -0.811. The van der Waals surface area contributed by atoms with Gasteiger partial charge in [0.05, 0.1) is 0 Å². The first-order valence-corrected chi connectivity index (χ1v) is 6.85. The molecule has 2 N–H and O–H groups in total. The number of nitrogens with one attached hydrogen (secondary N) is 1. The molecule has 0 spiro atoms. The van der Waals surface area contributed by atoms with Crippen LogP contribution in [-0.2, 0) is 9.59 Å². The van der Waals surface area contributed by atoms with E-state index in [0.717, 1.165) is 19.3 Å². The molecule has 1 aliphatic rings. The second kappa shape index (κ2) is 6.21. The highest BCUT2D eigenvalue weighted by Gasteiger charge is 2.37. The first-order valence-electron chi connectivity index (χ1n) is 6.85. The maximum absolute atomic E-state index is 12.2. The van der Waals surface area contributed by atoms with E-state index in [0.29, 0.717) is 6.42 Å². The molecule has 1 rings (SSSR count). The zero-order valence-corrected chi connectivity index (χ0v) is 11.7. The van der Waals surface area contributed by atoms with Gasteiger partial charge in [0.1, 0.15) is 0 Å². The van der Waals surface area contributed by atoms with E-state index < -0.39 is 5.97 Å². The smallest absolute Gasteiger partial charge is 0.303 e. The molecule has 0 aromatic rings. The highest BCUT2D eigenvalue weighted by atomic mass is 16.4. The van der Waals surface area contributed by atoms with Gasteiger partial charge >= 0.3 is 5.97 Å². The van der Waals surface area contributed by atoms with Gasteiger partial charge < -0.3 is 10.4 Å². The van der Waals surface area contributed by atoms with E-state index in [2.05, 4.69) is 19.2 Å². The molecule has 0 aromatic carbocycles. The number of carbonyl (C=O) groups is 2. The monoisotopic (exact) mass is 255 g/mol. The quantitative estimate of drug-likeness (QED) is 0.793. The van der Waals surface area contributed by atoms with Crippen LogP contribution in [0.3, 0.4) is 0 Å². The Kier molecular flexibility index (Phi) is 5.17. The van der Waals surface area contributed by atoms with Gasteiger partial charge in [-0.25, -0.2) is 0 Å². The van der Waals surface area contributed by atoms with E-state index in [4.69, 9.17) is 5.11 Å². The average molecular weight is 255 g/mol. The predicted molar refractivity (Wildman–Crippen MR) is 70.2 cm³/mol. The third-order valence-electron chi connectivity index (χ3n) is 4.00. The maximum Gasteiger partial charge on any atom is 0.303 e. The topological polar surface area (TPSA) is 66.4 Å². The summed E-state index contributed by atoms with van der Waals surface area (Å²) in [4.78, 5) is 22.7. The lowest BCUT2D eigenvalue weighted by molar-refractivity contribution is -0.138. The highest BCUT2D eigenvalue weighted by molar-refractivity contribution is 5.79. The summed E-state index contributed by atoms with van der Waals surface area (Å²) in [5, 5.41) is 11.6. The second-order valence-electron chi connectivity index (χ2n) is 6.13. The van der Waals surface area contributed by atoms with Gasteiger partial charge in [0, 0.05) is 18.4 Å². The first kappa shape index (κ1) is 15.0. The van der Waals surface area contributed by atoms with Crippen molar-refractivity contribution in [2.75, 3.05) is 0 Å². The molecule has 1 aliphatic carbocycles. The van der Waals surface area contributed by atoms with Crippen molar-refractivity contribution in [2.24, 2.45) is 11.3 Å². The van der Waals surface area contributed by atoms with Crippen LogP contribution in [0.1, 0.15) is 59.3 Å². The van der Waals surface area contributed by atoms with Crippen LogP contribution in [0.2, 0.25) is 0 Å². The van der Waals surface area contributed by atoms with Gasteiger partial charge in [0.2, 0.25) is 5.91 Å². The lowest BCUT2D eigenvalue weighted by Crippen LogP contribution is -2.44. The molecule has 1 fully saturated rings. The molecule has 2 atom stereocenters. The Bertz CT molecular complexity index is 312. The van der Waals surface area contributed by atoms with Crippen molar-refractivity contribution in [1.82, 2.24) is 5.32 Å². The summed E-state index contributed by atoms with van der Waals surface area (Å²) in [5.74, 6) is -0.648. The predicted octanol–water partition coefficient (Wildman–Crippen LogP) is 2.57. The SMILES string of the molecule is CC(CCC(=O)O)NC(=O)C1CCCCC1(C)C. The minimum absolute atomic E-state index is 0.0636. The molecule has 2 unspecified atom stereocenters. The van der Waals surface area contributed by atoms with E-state index in [-0.39, 0.29) is 29.7 Å². The molecule has 0 aromatic heterocycles. The molecule has 1 saturated carbocycles. The number of aliphatic carboxylic acids is 1. The van der Waals surface area contributed by atoms with Crippen LogP contribution in [0.4, 0.5) is 0 Å². The molecule has 0 heterocycles. The number of rotatable bonds is 5. The van der Waals surface area contributed by atoms with Crippen LogP contribution in [-0.4, -0.2) is 23.0 Å². The van der Waals surface area contributed by atoms with Gasteiger partial charge in [0.25, 0.3) is 0 Å². The van der Waals surface area contributed by atoms with Crippen molar-refractivity contribution in [3.63, 3.8) is 0 Å². The highest BCUT2D eigenvalue weighted by Crippen LogP contribution is 2.40. The van der Waals surface area contributed by atoms with Crippen LogP contribution < -0.4 is 5.32 Å². The number of hydrogen-bond donors (Lipinski definition) is 2. The fourth-order valence-corrected chi connectivity index (χ4v) is 2.74. The Morgan fingerprint density at radius 3 is 2.61 bits per heavy atom. The van der Waals surface area contributed by atoms with Crippen LogP contribution in [0.5, 0.6) is 0 Å². The van der Waals surface area contributed by atoms with Crippen LogP contribution in [0.25, 0.3) is 0 Å². The summed E-state index contributed by atoms with van der Waals surface area (Å²) in [5.41, 5.74) is 0.0643. The van der Waals surface area contributed by atoms with Crippen molar-refractivity contribution < 1.29 is 14.7 Å². The molecule has 0 aliphatic heterocycles. The van der Waals surface area contributed by atoms with Gasteiger partial charge in [-0.2, -0.15) is 0 Å². The summed E-state index contributed by atoms with van der Waals surface area (Å²) in [6, 6.07) is -0.0636. The zero-order chi connectivity index (χ0) is 13.8. The van der Waals surface area contributed by atoms with E-state index in [1.165, 1.54) is 6.42 Å². The van der Waals surface area contributed by atoms with Crippen molar-refractivity contribution in [2.45, 2.75) is 65.3 Å². The zero-order valence-electron chi connectivity index (χ0n) is 11.7. The molecular weight excluding hydrogens is 230 g/mol. The third kappa shape index (κ3) is 4.31. The Morgan fingerprint density at radius 1 is 1.39 bits per heavy atom. The van der Waals surface area contributed by atoms with E-state index in [1.807, 2.05) is 6.92 Å². The van der Waals surface area contributed by atoms with Crippen LogP contribution >= 0.6 is 0 Å². The fraction of sp³-hybridized carbons (Fsp3) is 0.857. The number of carbonyl (C=O) groups excluding carboxylic acids is 1. The van der Waals surface area contributed by atoms with Gasteiger partial charge in [-0.05, 0) is 31.6 Å². The largest absolute Gasteiger partial charge is 0.481 e. The van der Waals surface area contributed by atoms with Crippen molar-refractivity contribution in [3.05, 3.63) is 0 Å². The number of carboxylic acids is 1. The summed E-state index contributed by atoms with van der Waals surface area (Å²) in [6.45, 7) is 6.17. The third-order valence-corrected chi connectivity index (χ3v) is 4.00. The Morgan fingerprint density at radius 2 is 2.06 bits per heavy atom. The average Bonchev–Trinajstić information content (AvgIpc) is 2.25. The maximum atomic E-state index is 12.2. The summed E-state index contributed by atoms with van der Waals surface area (Å²) in [6.07, 6.45) is 4.96. The van der Waals surface area contributed by atoms with Gasteiger partial charge in [-0.1, -0.05) is 26.7 Å². The van der Waals surface area contributed by atoms with E-state index in [9.17, 15) is 9.59 Å². The Hall–Kier alpha value is -1.06. The normalized spacial score (nSPS) is 24.3. The Balaban J connectivity index is 2.46. The van der Waals surface area contributed by atoms with Crippen molar-refractivity contribution >= 4 is 11.9 Å². The lowest BCUT2D eigenvalue weighted by Gasteiger charge is -2.38. The van der Waals surface area contributed by atoms with Gasteiger partial charge in [-0.3, -0.25) is 9.59 Å². The van der Waals surface area contributed by atoms with Gasteiger partial charge in [0.15, 0.2) is 0 Å². The number of carboxylic acid groups (broad SMARTS) is 1. The molecule has 0 bridgehead atoms. The molecule has 1 amide bonds. The molecule has 4 heteroatoms. The van der Waals surface area contributed by atoms with Crippen LogP contribution in [0, 0.1) is 11.3 Å². The summed E-state index contributed by atoms with van der Waals surface area (Å²) >= 11 is 0. The lowest BCUT2D eigenvalue weighted by atomic mass is 9.68. The molecule has 0 radical (unpaired) electrons. The fourth-order valence-electron chi connectivity index (χ4n) is 2.74. The minimum Gasteiger partial charge on any atom is -0.481 e.